The van der Waals surface area contributed by atoms with E-state index in [0.29, 0.717) is 13.1 Å². The number of rotatable bonds is 6. The van der Waals surface area contributed by atoms with Gasteiger partial charge in [0.15, 0.2) is 0 Å². The zero-order valence-electron chi connectivity index (χ0n) is 19.2. The van der Waals surface area contributed by atoms with Gasteiger partial charge in [0.25, 0.3) is 0 Å². The summed E-state index contributed by atoms with van der Waals surface area (Å²) in [6, 6.07) is 8.15. The van der Waals surface area contributed by atoms with E-state index in [4.69, 9.17) is 14.7 Å². The van der Waals surface area contributed by atoms with Gasteiger partial charge in [-0.2, -0.15) is 0 Å². The monoisotopic (exact) mass is 462 g/mol. The minimum absolute atomic E-state index is 0.00731. The number of hydrogen-bond donors (Lipinski definition) is 0. The molecular formula is C26H30N4O2S. The Bertz CT molecular complexity index is 1180. The predicted molar refractivity (Wildman–Crippen MR) is 133 cm³/mol. The molecule has 1 amide bonds. The van der Waals surface area contributed by atoms with Crippen molar-refractivity contribution in [2.45, 2.75) is 38.5 Å². The summed E-state index contributed by atoms with van der Waals surface area (Å²) in [5.41, 5.74) is 2.63. The summed E-state index contributed by atoms with van der Waals surface area (Å²) >= 11 is 1.85. The van der Waals surface area contributed by atoms with E-state index in [0.717, 1.165) is 61.0 Å². The van der Waals surface area contributed by atoms with Crippen molar-refractivity contribution in [3.05, 3.63) is 58.7 Å². The van der Waals surface area contributed by atoms with E-state index in [1.165, 1.54) is 40.3 Å². The van der Waals surface area contributed by atoms with E-state index in [1.807, 2.05) is 34.4 Å². The Kier molecular flexibility index (Phi) is 6.31. The third-order valence-electron chi connectivity index (χ3n) is 6.72. The Labute approximate surface area is 198 Å². The average molecular weight is 463 g/mol. The summed E-state index contributed by atoms with van der Waals surface area (Å²) in [4.78, 5) is 29.0. The number of ether oxygens (including phenoxy) is 1. The number of carbonyl (C=O) groups is 1. The van der Waals surface area contributed by atoms with Gasteiger partial charge in [-0.3, -0.25) is 4.79 Å². The van der Waals surface area contributed by atoms with Crippen LogP contribution in [0.25, 0.3) is 10.2 Å². The molecule has 3 aromatic rings. The minimum atomic E-state index is 0.00731. The molecule has 1 aliphatic heterocycles. The van der Waals surface area contributed by atoms with Gasteiger partial charge in [0.2, 0.25) is 5.91 Å². The fourth-order valence-corrected chi connectivity index (χ4v) is 6.22. The van der Waals surface area contributed by atoms with Crippen molar-refractivity contribution in [3.8, 4) is 5.75 Å². The standard InChI is InChI=1S/C26H30N4O2S/c1-3-23(31)29-14-16-30(17-15-29)25-24-19-9-5-7-11-21(19)33-26(24)28-22(27-25)13-12-18-8-4-6-10-20(18)32-2/h3-4,6,8,10H,1,5,7,9,11-17H2,2H3. The number of amides is 1. The number of nitrogens with zero attached hydrogens (tertiary/aromatic N) is 4. The number of aromatic nitrogens is 2. The molecule has 0 atom stereocenters. The van der Waals surface area contributed by atoms with Crippen molar-refractivity contribution in [2.75, 3.05) is 38.2 Å². The van der Waals surface area contributed by atoms with E-state index in [2.05, 4.69) is 17.5 Å². The molecule has 0 spiro atoms. The number of anilines is 1. The summed E-state index contributed by atoms with van der Waals surface area (Å²) in [6.07, 6.45) is 7.75. The van der Waals surface area contributed by atoms with Crippen LogP contribution in [0.3, 0.4) is 0 Å². The Hall–Kier alpha value is -2.93. The van der Waals surface area contributed by atoms with E-state index in [9.17, 15) is 4.79 Å². The number of aryl methyl sites for hydroxylation is 4. The van der Waals surface area contributed by atoms with Crippen LogP contribution in [0.4, 0.5) is 5.82 Å². The molecule has 172 valence electrons. The van der Waals surface area contributed by atoms with Crippen molar-refractivity contribution < 1.29 is 9.53 Å². The highest BCUT2D eigenvalue weighted by molar-refractivity contribution is 7.19. The molecule has 1 aromatic carbocycles. The van der Waals surface area contributed by atoms with Crippen molar-refractivity contribution in [3.63, 3.8) is 0 Å². The van der Waals surface area contributed by atoms with Crippen LogP contribution < -0.4 is 9.64 Å². The van der Waals surface area contributed by atoms with Gasteiger partial charge in [0, 0.05) is 37.5 Å². The first kappa shape index (κ1) is 21.9. The van der Waals surface area contributed by atoms with E-state index < -0.39 is 0 Å². The topological polar surface area (TPSA) is 58.6 Å². The average Bonchev–Trinajstić information content (AvgIpc) is 3.25. The predicted octanol–water partition coefficient (Wildman–Crippen LogP) is 4.20. The van der Waals surface area contributed by atoms with Crippen LogP contribution in [0.5, 0.6) is 5.75 Å². The molecule has 5 rings (SSSR count). The molecule has 2 aliphatic rings. The maximum atomic E-state index is 12.1. The first-order chi connectivity index (χ1) is 16.2. The second-order valence-electron chi connectivity index (χ2n) is 8.68. The summed E-state index contributed by atoms with van der Waals surface area (Å²) in [7, 11) is 1.71. The van der Waals surface area contributed by atoms with Crippen molar-refractivity contribution in [1.82, 2.24) is 14.9 Å². The molecule has 1 aliphatic carbocycles. The molecule has 7 heteroatoms. The molecule has 0 N–H and O–H groups in total. The lowest BCUT2D eigenvalue weighted by molar-refractivity contribution is -0.126. The summed E-state index contributed by atoms with van der Waals surface area (Å²) in [6.45, 7) is 6.58. The fraction of sp³-hybridized carbons (Fsp3) is 0.423. The lowest BCUT2D eigenvalue weighted by Gasteiger charge is -2.35. The highest BCUT2D eigenvalue weighted by Crippen LogP contribution is 2.40. The second kappa shape index (κ2) is 9.51. The molecule has 0 bridgehead atoms. The Morgan fingerprint density at radius 1 is 1.12 bits per heavy atom. The Morgan fingerprint density at radius 3 is 2.70 bits per heavy atom. The van der Waals surface area contributed by atoms with Crippen molar-refractivity contribution in [2.24, 2.45) is 0 Å². The van der Waals surface area contributed by atoms with Gasteiger partial charge in [-0.15, -0.1) is 11.3 Å². The zero-order valence-corrected chi connectivity index (χ0v) is 20.0. The summed E-state index contributed by atoms with van der Waals surface area (Å²) in [5, 5.41) is 1.25. The van der Waals surface area contributed by atoms with Crippen LogP contribution in [0.15, 0.2) is 36.9 Å². The molecular weight excluding hydrogens is 432 g/mol. The Morgan fingerprint density at radius 2 is 1.91 bits per heavy atom. The molecule has 33 heavy (non-hydrogen) atoms. The molecule has 6 nitrogen and oxygen atoms in total. The van der Waals surface area contributed by atoms with E-state index in [-0.39, 0.29) is 5.91 Å². The molecule has 1 fully saturated rings. The molecule has 0 saturated carbocycles. The normalized spacial score (nSPS) is 16.0. The number of thiophene rings is 1. The molecule has 0 radical (unpaired) electrons. The van der Waals surface area contributed by atoms with Gasteiger partial charge in [-0.05, 0) is 55.4 Å². The van der Waals surface area contributed by atoms with Gasteiger partial charge in [-0.1, -0.05) is 24.8 Å². The lowest BCUT2D eigenvalue weighted by Crippen LogP contribution is -2.48. The quantitative estimate of drug-likeness (QED) is 0.514. The number of hydrogen-bond acceptors (Lipinski definition) is 6. The highest BCUT2D eigenvalue weighted by Gasteiger charge is 2.27. The fourth-order valence-electron chi connectivity index (χ4n) is 4.95. The van der Waals surface area contributed by atoms with Crippen LogP contribution in [-0.2, 0) is 30.5 Å². The van der Waals surface area contributed by atoms with Crippen molar-refractivity contribution >= 4 is 33.3 Å². The van der Waals surface area contributed by atoms with E-state index in [1.54, 1.807) is 7.11 Å². The molecule has 0 unspecified atom stereocenters. The Balaban J connectivity index is 1.47. The molecule has 1 saturated heterocycles. The zero-order chi connectivity index (χ0) is 22.8. The summed E-state index contributed by atoms with van der Waals surface area (Å²) < 4.78 is 5.53. The second-order valence-corrected chi connectivity index (χ2v) is 9.77. The number of fused-ring (bicyclic) bond motifs is 3. The first-order valence-electron chi connectivity index (χ1n) is 11.8. The number of methoxy groups -OCH3 is 1. The maximum Gasteiger partial charge on any atom is 0.246 e. The van der Waals surface area contributed by atoms with Crippen LogP contribution in [-0.4, -0.2) is 54.1 Å². The van der Waals surface area contributed by atoms with Crippen LogP contribution >= 0.6 is 11.3 Å². The molecule has 3 heterocycles. The van der Waals surface area contributed by atoms with Gasteiger partial charge >= 0.3 is 0 Å². The first-order valence-corrected chi connectivity index (χ1v) is 12.6. The van der Waals surface area contributed by atoms with Gasteiger partial charge in [-0.25, -0.2) is 9.97 Å². The smallest absolute Gasteiger partial charge is 0.246 e. The number of piperazine rings is 1. The minimum Gasteiger partial charge on any atom is -0.496 e. The highest BCUT2D eigenvalue weighted by atomic mass is 32.1. The van der Waals surface area contributed by atoms with Crippen molar-refractivity contribution in [1.29, 1.82) is 0 Å². The van der Waals surface area contributed by atoms with Crippen LogP contribution in [0, 0.1) is 0 Å². The third kappa shape index (κ3) is 4.34. The largest absolute Gasteiger partial charge is 0.496 e. The van der Waals surface area contributed by atoms with Crippen LogP contribution in [0.1, 0.15) is 34.7 Å². The molecule has 2 aromatic heterocycles. The third-order valence-corrected chi connectivity index (χ3v) is 7.90. The van der Waals surface area contributed by atoms with Gasteiger partial charge < -0.3 is 14.5 Å². The number of para-hydroxylation sites is 1. The SMILES string of the molecule is C=CC(=O)N1CCN(c2nc(CCc3ccccc3OC)nc3sc4c(c23)CCCC4)CC1. The lowest BCUT2D eigenvalue weighted by atomic mass is 9.96. The van der Waals surface area contributed by atoms with Gasteiger partial charge in [0.05, 0.1) is 12.5 Å². The van der Waals surface area contributed by atoms with E-state index >= 15 is 0 Å². The summed E-state index contributed by atoms with van der Waals surface area (Å²) in [5.74, 6) is 2.85. The van der Waals surface area contributed by atoms with Crippen LogP contribution in [0.2, 0.25) is 0 Å². The van der Waals surface area contributed by atoms with Gasteiger partial charge in [0.1, 0.15) is 22.2 Å². The maximum absolute atomic E-state index is 12.1. The number of carbonyl (C=O) groups excluding carboxylic acids is 1. The number of benzene rings is 1.